The van der Waals surface area contributed by atoms with Gasteiger partial charge in [0.15, 0.2) is 0 Å². The first-order chi connectivity index (χ1) is 9.66. The van der Waals surface area contributed by atoms with E-state index in [9.17, 15) is 4.79 Å². The topological polar surface area (TPSA) is 59.2 Å². The van der Waals surface area contributed by atoms with Crippen LogP contribution in [0.5, 0.6) is 0 Å². The van der Waals surface area contributed by atoms with Crippen LogP contribution in [0, 0.1) is 0 Å². The highest BCUT2D eigenvalue weighted by Crippen LogP contribution is 2.24. The fourth-order valence-electron chi connectivity index (χ4n) is 2.91. The quantitative estimate of drug-likeness (QED) is 0.924. The van der Waals surface area contributed by atoms with Crippen LogP contribution in [0.15, 0.2) is 23.7 Å². The largest absolute Gasteiger partial charge is 0.334 e. The third-order valence-corrected chi connectivity index (χ3v) is 4.79. The number of hydrogen-bond donors (Lipinski definition) is 1. The average Bonchev–Trinajstić information content (AvgIpc) is 2.93. The van der Waals surface area contributed by atoms with Crippen molar-refractivity contribution < 1.29 is 4.79 Å². The minimum atomic E-state index is 0.0198. The van der Waals surface area contributed by atoms with Gasteiger partial charge in [-0.1, -0.05) is 0 Å². The molecule has 2 heterocycles. The van der Waals surface area contributed by atoms with Gasteiger partial charge in [0.1, 0.15) is 0 Å². The number of likely N-dealkylation sites (tertiary alicyclic amines) is 1. The average molecular weight is 289 g/mol. The first kappa shape index (κ1) is 13.5. The molecule has 2 N–H and O–H groups in total. The zero-order valence-electron chi connectivity index (χ0n) is 11.6. The van der Waals surface area contributed by atoms with Crippen LogP contribution >= 0.6 is 11.3 Å². The van der Waals surface area contributed by atoms with Crippen LogP contribution < -0.4 is 5.73 Å². The van der Waals surface area contributed by atoms with Gasteiger partial charge in [-0.25, -0.2) is 4.98 Å². The van der Waals surface area contributed by atoms with Crippen LogP contribution in [-0.4, -0.2) is 34.4 Å². The fraction of sp³-hybridized carbons (Fsp3) is 0.467. The molecule has 2 atom stereocenters. The van der Waals surface area contributed by atoms with Crippen LogP contribution in [0.25, 0.3) is 10.2 Å². The molecule has 2 aromatic rings. The lowest BCUT2D eigenvalue weighted by molar-refractivity contribution is 0.0584. The highest BCUT2D eigenvalue weighted by Gasteiger charge is 2.29. The number of amides is 1. The molecular formula is C15H19N3OS. The zero-order valence-corrected chi connectivity index (χ0v) is 12.4. The number of benzene rings is 1. The van der Waals surface area contributed by atoms with Crippen LogP contribution in [0.2, 0.25) is 0 Å². The number of carbonyl (C=O) groups is 1. The summed E-state index contributed by atoms with van der Waals surface area (Å²) in [4.78, 5) is 18.9. The van der Waals surface area contributed by atoms with Gasteiger partial charge in [-0.3, -0.25) is 4.79 Å². The molecule has 3 rings (SSSR count). The van der Waals surface area contributed by atoms with Crippen molar-refractivity contribution in [1.82, 2.24) is 9.88 Å². The molecule has 0 spiro atoms. The number of piperidine rings is 1. The van der Waals surface area contributed by atoms with Crippen LogP contribution in [0.3, 0.4) is 0 Å². The molecule has 1 aromatic carbocycles. The van der Waals surface area contributed by atoms with Gasteiger partial charge in [-0.15, -0.1) is 11.3 Å². The van der Waals surface area contributed by atoms with Crippen molar-refractivity contribution in [2.75, 3.05) is 6.54 Å². The van der Waals surface area contributed by atoms with Crippen molar-refractivity contribution in [3.8, 4) is 0 Å². The number of fused-ring (bicyclic) bond motifs is 1. The SMILES string of the molecule is CC(N)C1CCCCN1C(=O)c1ccc2ncsc2c1. The van der Waals surface area contributed by atoms with E-state index in [4.69, 9.17) is 5.73 Å². The first-order valence-corrected chi connectivity index (χ1v) is 7.94. The molecule has 0 bridgehead atoms. The second-order valence-corrected chi connectivity index (χ2v) is 6.34. The molecule has 1 aliphatic heterocycles. The van der Waals surface area contributed by atoms with E-state index in [2.05, 4.69) is 4.98 Å². The molecule has 1 aromatic heterocycles. The first-order valence-electron chi connectivity index (χ1n) is 7.06. The molecule has 5 heteroatoms. The summed E-state index contributed by atoms with van der Waals surface area (Å²) in [7, 11) is 0. The molecule has 0 radical (unpaired) electrons. The highest BCUT2D eigenvalue weighted by molar-refractivity contribution is 7.16. The number of rotatable bonds is 2. The van der Waals surface area contributed by atoms with Crippen molar-refractivity contribution in [3.63, 3.8) is 0 Å². The van der Waals surface area contributed by atoms with Gasteiger partial charge >= 0.3 is 0 Å². The van der Waals surface area contributed by atoms with Gasteiger partial charge in [-0.2, -0.15) is 0 Å². The van der Waals surface area contributed by atoms with E-state index in [0.29, 0.717) is 0 Å². The molecule has 1 aliphatic rings. The maximum atomic E-state index is 12.7. The van der Waals surface area contributed by atoms with Gasteiger partial charge in [0, 0.05) is 24.2 Å². The minimum Gasteiger partial charge on any atom is -0.334 e. The Labute approximate surface area is 122 Å². The Morgan fingerprint density at radius 2 is 2.35 bits per heavy atom. The van der Waals surface area contributed by atoms with Crippen LogP contribution in [0.1, 0.15) is 36.5 Å². The highest BCUT2D eigenvalue weighted by atomic mass is 32.1. The number of aromatic nitrogens is 1. The monoisotopic (exact) mass is 289 g/mol. The smallest absolute Gasteiger partial charge is 0.254 e. The Morgan fingerprint density at radius 3 is 3.15 bits per heavy atom. The summed E-state index contributed by atoms with van der Waals surface area (Å²) in [6, 6.07) is 5.92. The molecule has 2 unspecified atom stereocenters. The van der Waals surface area contributed by atoms with Crippen LogP contribution in [-0.2, 0) is 0 Å². The van der Waals surface area contributed by atoms with Crippen molar-refractivity contribution in [2.24, 2.45) is 5.73 Å². The van der Waals surface area contributed by atoms with E-state index in [1.54, 1.807) is 11.3 Å². The Hall–Kier alpha value is -1.46. The molecule has 0 aliphatic carbocycles. The number of nitrogens with two attached hydrogens (primary N) is 1. The summed E-state index contributed by atoms with van der Waals surface area (Å²) in [5, 5.41) is 0. The van der Waals surface area contributed by atoms with Gasteiger partial charge in [0.25, 0.3) is 5.91 Å². The summed E-state index contributed by atoms with van der Waals surface area (Å²) >= 11 is 1.57. The van der Waals surface area contributed by atoms with E-state index in [-0.39, 0.29) is 18.0 Å². The number of carbonyl (C=O) groups excluding carboxylic acids is 1. The Balaban J connectivity index is 1.89. The van der Waals surface area contributed by atoms with E-state index in [1.807, 2.05) is 35.5 Å². The molecule has 1 fully saturated rings. The number of hydrogen-bond acceptors (Lipinski definition) is 4. The van der Waals surface area contributed by atoms with Crippen molar-refractivity contribution in [2.45, 2.75) is 38.3 Å². The second kappa shape index (κ2) is 5.50. The molecule has 20 heavy (non-hydrogen) atoms. The number of thiazole rings is 1. The van der Waals surface area contributed by atoms with Crippen molar-refractivity contribution in [3.05, 3.63) is 29.3 Å². The molecule has 4 nitrogen and oxygen atoms in total. The minimum absolute atomic E-state index is 0.0198. The number of nitrogens with zero attached hydrogens (tertiary/aromatic N) is 2. The lowest BCUT2D eigenvalue weighted by Gasteiger charge is -2.38. The van der Waals surface area contributed by atoms with Crippen molar-refractivity contribution in [1.29, 1.82) is 0 Å². The molecular weight excluding hydrogens is 270 g/mol. The van der Waals surface area contributed by atoms with Crippen molar-refractivity contribution >= 4 is 27.5 Å². The summed E-state index contributed by atoms with van der Waals surface area (Å²) in [6.45, 7) is 2.80. The summed E-state index contributed by atoms with van der Waals surface area (Å²) < 4.78 is 1.06. The summed E-state index contributed by atoms with van der Waals surface area (Å²) in [5.74, 6) is 0.0994. The predicted molar refractivity (Wildman–Crippen MR) is 81.9 cm³/mol. The maximum absolute atomic E-state index is 12.7. The van der Waals surface area contributed by atoms with E-state index < -0.39 is 0 Å². The third-order valence-electron chi connectivity index (χ3n) is 4.00. The van der Waals surface area contributed by atoms with E-state index in [1.165, 1.54) is 0 Å². The summed E-state index contributed by atoms with van der Waals surface area (Å²) in [5.41, 5.74) is 9.55. The Kier molecular flexibility index (Phi) is 3.72. The van der Waals surface area contributed by atoms with Gasteiger partial charge < -0.3 is 10.6 Å². The van der Waals surface area contributed by atoms with E-state index in [0.717, 1.165) is 41.6 Å². The van der Waals surface area contributed by atoms with Gasteiger partial charge in [0.05, 0.1) is 15.7 Å². The standard InChI is InChI=1S/C15H19N3OS/c1-10(16)13-4-2-3-7-18(13)15(19)11-5-6-12-14(8-11)20-9-17-12/h5-6,8-10,13H,2-4,7,16H2,1H3. The second-order valence-electron chi connectivity index (χ2n) is 5.46. The van der Waals surface area contributed by atoms with E-state index >= 15 is 0 Å². The Bertz CT molecular complexity index is 622. The summed E-state index contributed by atoms with van der Waals surface area (Å²) in [6.07, 6.45) is 3.23. The zero-order chi connectivity index (χ0) is 14.1. The third kappa shape index (κ3) is 2.43. The molecule has 106 valence electrons. The van der Waals surface area contributed by atoms with Gasteiger partial charge in [-0.05, 0) is 44.4 Å². The lowest BCUT2D eigenvalue weighted by Crippen LogP contribution is -2.51. The fourth-order valence-corrected chi connectivity index (χ4v) is 3.63. The molecule has 1 saturated heterocycles. The predicted octanol–water partition coefficient (Wildman–Crippen LogP) is 2.64. The normalized spacial score (nSPS) is 21.1. The van der Waals surface area contributed by atoms with Crippen LogP contribution in [0.4, 0.5) is 0 Å². The Morgan fingerprint density at radius 1 is 1.50 bits per heavy atom. The molecule has 0 saturated carbocycles. The lowest BCUT2D eigenvalue weighted by atomic mass is 9.96. The maximum Gasteiger partial charge on any atom is 0.254 e. The van der Waals surface area contributed by atoms with Gasteiger partial charge in [0.2, 0.25) is 0 Å². The molecule has 1 amide bonds.